The fraction of sp³-hybridized carbons (Fsp3) is 0.476. The van der Waals surface area contributed by atoms with E-state index >= 15 is 0 Å². The first-order valence-electron chi connectivity index (χ1n) is 9.97. The van der Waals surface area contributed by atoms with E-state index in [1.807, 2.05) is 4.90 Å². The van der Waals surface area contributed by atoms with E-state index in [0.717, 1.165) is 49.3 Å². The van der Waals surface area contributed by atoms with E-state index in [1.165, 1.54) is 12.1 Å². The summed E-state index contributed by atoms with van der Waals surface area (Å²) in [6, 6.07) is 6.35. The maximum Gasteiger partial charge on any atom is 0.224 e. The molecule has 148 valence electrons. The van der Waals surface area contributed by atoms with E-state index in [2.05, 4.69) is 14.9 Å². The SMILES string of the molecule is O=C(NCCCN1CCCC1=O)C1CCc2ncc(-c3ccc(F)cc3)n2C1. The number of aryl methyl sites for hydroxylation is 1. The molecule has 28 heavy (non-hydrogen) atoms. The molecule has 0 bridgehead atoms. The number of likely N-dealkylation sites (tertiary alicyclic amines) is 1. The Morgan fingerprint density at radius 3 is 2.82 bits per heavy atom. The lowest BCUT2D eigenvalue weighted by atomic mass is 9.98. The summed E-state index contributed by atoms with van der Waals surface area (Å²) in [6.45, 7) is 2.72. The Morgan fingerprint density at radius 1 is 1.25 bits per heavy atom. The van der Waals surface area contributed by atoms with Gasteiger partial charge in [0, 0.05) is 39.0 Å². The molecule has 2 aromatic rings. The van der Waals surface area contributed by atoms with Gasteiger partial charge in [-0.2, -0.15) is 0 Å². The van der Waals surface area contributed by atoms with Crippen molar-refractivity contribution in [3.8, 4) is 11.3 Å². The predicted octanol–water partition coefficient (Wildman–Crippen LogP) is 2.38. The normalized spacial score (nSPS) is 19.0. The first kappa shape index (κ1) is 18.7. The first-order valence-corrected chi connectivity index (χ1v) is 9.97. The van der Waals surface area contributed by atoms with Gasteiger partial charge in [0.25, 0.3) is 0 Å². The summed E-state index contributed by atoms with van der Waals surface area (Å²) in [5, 5.41) is 3.02. The minimum atomic E-state index is -0.269. The van der Waals surface area contributed by atoms with Crippen molar-refractivity contribution >= 4 is 11.8 Å². The number of halogens is 1. The molecule has 1 aromatic carbocycles. The summed E-state index contributed by atoms with van der Waals surface area (Å²) in [4.78, 5) is 30.6. The van der Waals surface area contributed by atoms with Crippen LogP contribution < -0.4 is 5.32 Å². The van der Waals surface area contributed by atoms with E-state index in [1.54, 1.807) is 18.3 Å². The van der Waals surface area contributed by atoms with Crippen LogP contribution >= 0.6 is 0 Å². The number of carbonyl (C=O) groups excluding carboxylic acids is 2. The van der Waals surface area contributed by atoms with E-state index in [0.29, 0.717) is 26.1 Å². The van der Waals surface area contributed by atoms with Gasteiger partial charge in [0.2, 0.25) is 11.8 Å². The Kier molecular flexibility index (Phi) is 5.41. The van der Waals surface area contributed by atoms with Gasteiger partial charge in [0.1, 0.15) is 11.6 Å². The van der Waals surface area contributed by atoms with E-state index in [-0.39, 0.29) is 23.5 Å². The smallest absolute Gasteiger partial charge is 0.224 e. The Hall–Kier alpha value is -2.70. The van der Waals surface area contributed by atoms with Crippen molar-refractivity contribution in [2.75, 3.05) is 19.6 Å². The van der Waals surface area contributed by atoms with Crippen LogP contribution in [0.4, 0.5) is 4.39 Å². The van der Waals surface area contributed by atoms with Crippen molar-refractivity contribution in [3.05, 3.63) is 42.1 Å². The topological polar surface area (TPSA) is 67.2 Å². The number of fused-ring (bicyclic) bond motifs is 1. The summed E-state index contributed by atoms with van der Waals surface area (Å²) < 4.78 is 15.3. The van der Waals surface area contributed by atoms with Crippen LogP contribution in [0.5, 0.6) is 0 Å². The zero-order valence-corrected chi connectivity index (χ0v) is 15.9. The van der Waals surface area contributed by atoms with Gasteiger partial charge in [-0.1, -0.05) is 0 Å². The van der Waals surface area contributed by atoms with Crippen molar-refractivity contribution in [1.82, 2.24) is 19.8 Å². The van der Waals surface area contributed by atoms with Crippen LogP contribution in [0.25, 0.3) is 11.3 Å². The molecule has 1 fully saturated rings. The Morgan fingerprint density at radius 2 is 2.07 bits per heavy atom. The highest BCUT2D eigenvalue weighted by Gasteiger charge is 2.27. The summed E-state index contributed by atoms with van der Waals surface area (Å²) in [5.74, 6) is 0.872. The molecule has 3 heterocycles. The van der Waals surface area contributed by atoms with Crippen LogP contribution in [0.1, 0.15) is 31.5 Å². The Labute approximate surface area is 163 Å². The van der Waals surface area contributed by atoms with Gasteiger partial charge in [0.15, 0.2) is 0 Å². The van der Waals surface area contributed by atoms with Crippen LogP contribution in [0.3, 0.4) is 0 Å². The van der Waals surface area contributed by atoms with Crippen molar-refractivity contribution in [2.45, 2.75) is 38.6 Å². The molecule has 2 aliphatic heterocycles. The zero-order chi connectivity index (χ0) is 19.5. The predicted molar refractivity (Wildman–Crippen MR) is 103 cm³/mol. The van der Waals surface area contributed by atoms with Crippen molar-refractivity contribution < 1.29 is 14.0 Å². The molecular formula is C21H25FN4O2. The fourth-order valence-corrected chi connectivity index (χ4v) is 4.06. The maximum absolute atomic E-state index is 13.2. The second-order valence-electron chi connectivity index (χ2n) is 7.54. The van der Waals surface area contributed by atoms with Gasteiger partial charge in [-0.25, -0.2) is 9.37 Å². The van der Waals surface area contributed by atoms with Gasteiger partial charge < -0.3 is 14.8 Å². The Bertz CT molecular complexity index is 862. The number of carbonyl (C=O) groups is 2. The number of nitrogens with one attached hydrogen (secondary N) is 1. The second kappa shape index (κ2) is 8.12. The van der Waals surface area contributed by atoms with Gasteiger partial charge in [-0.15, -0.1) is 0 Å². The standard InChI is InChI=1S/C21H25FN4O2/c22-17-7-4-15(5-8-17)18-13-24-19-9-6-16(14-26(18)19)21(28)23-10-2-12-25-11-1-3-20(25)27/h4-5,7-8,13,16H,1-3,6,9-12,14H2,(H,23,28). The minimum absolute atomic E-state index is 0.0529. The van der Waals surface area contributed by atoms with E-state index in [4.69, 9.17) is 0 Å². The molecule has 1 saturated heterocycles. The quantitative estimate of drug-likeness (QED) is 0.778. The number of imidazole rings is 1. The summed E-state index contributed by atoms with van der Waals surface area (Å²) >= 11 is 0. The van der Waals surface area contributed by atoms with E-state index in [9.17, 15) is 14.0 Å². The maximum atomic E-state index is 13.2. The highest BCUT2D eigenvalue weighted by atomic mass is 19.1. The molecule has 6 nitrogen and oxygen atoms in total. The lowest BCUT2D eigenvalue weighted by molar-refractivity contribution is -0.127. The third-order valence-electron chi connectivity index (χ3n) is 5.64. The number of hydrogen-bond donors (Lipinski definition) is 1. The molecular weight excluding hydrogens is 359 g/mol. The minimum Gasteiger partial charge on any atom is -0.356 e. The average Bonchev–Trinajstić information content (AvgIpc) is 3.31. The first-order chi connectivity index (χ1) is 13.6. The largest absolute Gasteiger partial charge is 0.356 e. The van der Waals surface area contributed by atoms with E-state index < -0.39 is 0 Å². The molecule has 0 spiro atoms. The molecule has 1 unspecified atom stereocenters. The molecule has 7 heteroatoms. The molecule has 4 rings (SSSR count). The van der Waals surface area contributed by atoms with Crippen molar-refractivity contribution in [1.29, 1.82) is 0 Å². The molecule has 0 saturated carbocycles. The van der Waals surface area contributed by atoms with Crippen LogP contribution in [-0.2, 0) is 22.6 Å². The molecule has 1 aromatic heterocycles. The lowest BCUT2D eigenvalue weighted by Crippen LogP contribution is -2.37. The monoisotopic (exact) mass is 384 g/mol. The number of amides is 2. The molecule has 0 aliphatic carbocycles. The third kappa shape index (κ3) is 3.93. The highest BCUT2D eigenvalue weighted by molar-refractivity contribution is 5.79. The lowest BCUT2D eigenvalue weighted by Gasteiger charge is -2.25. The molecule has 1 N–H and O–H groups in total. The van der Waals surface area contributed by atoms with Gasteiger partial charge in [-0.3, -0.25) is 9.59 Å². The molecule has 0 radical (unpaired) electrons. The number of hydrogen-bond acceptors (Lipinski definition) is 3. The molecule has 2 amide bonds. The van der Waals surface area contributed by atoms with Crippen LogP contribution in [0.2, 0.25) is 0 Å². The zero-order valence-electron chi connectivity index (χ0n) is 15.9. The van der Waals surface area contributed by atoms with Crippen LogP contribution in [-0.4, -0.2) is 45.9 Å². The van der Waals surface area contributed by atoms with Gasteiger partial charge in [-0.05, 0) is 49.1 Å². The Balaban J connectivity index is 1.33. The van der Waals surface area contributed by atoms with Crippen molar-refractivity contribution in [3.63, 3.8) is 0 Å². The second-order valence-corrected chi connectivity index (χ2v) is 7.54. The summed E-state index contributed by atoms with van der Waals surface area (Å²) in [7, 11) is 0. The number of rotatable bonds is 6. The number of aromatic nitrogens is 2. The highest BCUT2D eigenvalue weighted by Crippen LogP contribution is 2.27. The van der Waals surface area contributed by atoms with Gasteiger partial charge >= 0.3 is 0 Å². The molecule has 1 atom stereocenters. The number of nitrogens with zero attached hydrogens (tertiary/aromatic N) is 3. The number of benzene rings is 1. The van der Waals surface area contributed by atoms with Gasteiger partial charge in [0.05, 0.1) is 17.8 Å². The van der Waals surface area contributed by atoms with Crippen LogP contribution in [0, 0.1) is 11.7 Å². The van der Waals surface area contributed by atoms with Crippen molar-refractivity contribution in [2.24, 2.45) is 5.92 Å². The summed E-state index contributed by atoms with van der Waals surface area (Å²) in [5.41, 5.74) is 1.82. The molecule has 2 aliphatic rings. The van der Waals surface area contributed by atoms with Crippen LogP contribution in [0.15, 0.2) is 30.5 Å². The fourth-order valence-electron chi connectivity index (χ4n) is 4.06. The summed E-state index contributed by atoms with van der Waals surface area (Å²) in [6.07, 6.45) is 5.70. The average molecular weight is 384 g/mol. The third-order valence-corrected chi connectivity index (χ3v) is 5.64.